The molecule has 2 aliphatic heterocycles. The number of hydrogen-bond donors (Lipinski definition) is 1. The highest BCUT2D eigenvalue weighted by molar-refractivity contribution is 5.98. The van der Waals surface area contributed by atoms with E-state index in [0.29, 0.717) is 17.8 Å². The molecular formula is C44H51N2+. The van der Waals surface area contributed by atoms with Gasteiger partial charge in [-0.3, -0.25) is 0 Å². The normalized spacial score (nSPS) is 21.7. The molecule has 1 N–H and O–H groups in total. The molecule has 4 aromatic rings. The lowest BCUT2D eigenvalue weighted by Gasteiger charge is -2.29. The number of allylic oxidation sites excluding steroid dienone is 5. The van der Waals surface area contributed by atoms with Crippen LogP contribution in [0.15, 0.2) is 103 Å². The van der Waals surface area contributed by atoms with E-state index in [2.05, 4.69) is 156 Å². The minimum atomic E-state index is -0.0692. The summed E-state index contributed by atoms with van der Waals surface area (Å²) in [5.41, 5.74) is 13.8. The maximum atomic E-state index is 4.01. The topological polar surface area (TPSA) is 15.9 Å². The molecule has 3 heterocycles. The van der Waals surface area contributed by atoms with Crippen molar-refractivity contribution in [2.45, 2.75) is 86.5 Å². The summed E-state index contributed by atoms with van der Waals surface area (Å²) in [7, 11) is 0. The molecule has 1 aromatic heterocycles. The van der Waals surface area contributed by atoms with Crippen molar-refractivity contribution < 1.29 is 4.57 Å². The van der Waals surface area contributed by atoms with Gasteiger partial charge in [-0.05, 0) is 105 Å². The van der Waals surface area contributed by atoms with Crippen molar-refractivity contribution in [3.8, 4) is 22.4 Å². The van der Waals surface area contributed by atoms with Gasteiger partial charge in [-0.2, -0.15) is 4.57 Å². The van der Waals surface area contributed by atoms with Crippen molar-refractivity contribution in [1.82, 2.24) is 5.32 Å². The monoisotopic (exact) mass is 607 g/mol. The molecule has 0 amide bonds. The van der Waals surface area contributed by atoms with E-state index in [0.717, 1.165) is 25.7 Å². The number of rotatable bonds is 4. The van der Waals surface area contributed by atoms with Crippen LogP contribution in [0.3, 0.4) is 0 Å². The Labute approximate surface area is 277 Å². The zero-order valence-corrected chi connectivity index (χ0v) is 29.2. The van der Waals surface area contributed by atoms with E-state index in [9.17, 15) is 0 Å². The van der Waals surface area contributed by atoms with E-state index in [4.69, 9.17) is 0 Å². The second kappa shape index (κ2) is 11.4. The molecule has 3 aliphatic rings. The Kier molecular flexibility index (Phi) is 7.62. The predicted molar refractivity (Wildman–Crippen MR) is 195 cm³/mol. The van der Waals surface area contributed by atoms with Gasteiger partial charge in [0.1, 0.15) is 0 Å². The van der Waals surface area contributed by atoms with Crippen LogP contribution >= 0.6 is 0 Å². The molecule has 2 atom stereocenters. The molecule has 3 aromatic carbocycles. The lowest BCUT2D eigenvalue weighted by molar-refractivity contribution is -0.573. The Bertz CT molecular complexity index is 1930. The molecule has 0 fully saturated rings. The van der Waals surface area contributed by atoms with Crippen molar-refractivity contribution >= 4 is 16.5 Å². The molecule has 1 aliphatic carbocycles. The third-order valence-corrected chi connectivity index (χ3v) is 11.6. The van der Waals surface area contributed by atoms with Crippen LogP contribution in [0, 0.1) is 23.2 Å². The van der Waals surface area contributed by atoms with Crippen LogP contribution in [0.5, 0.6) is 0 Å². The summed E-state index contributed by atoms with van der Waals surface area (Å²) in [6.07, 6.45) is 13.8. The van der Waals surface area contributed by atoms with Crippen molar-refractivity contribution in [2.24, 2.45) is 23.2 Å². The van der Waals surface area contributed by atoms with Crippen LogP contribution in [0.1, 0.15) is 91.3 Å². The first-order chi connectivity index (χ1) is 22.0. The minimum absolute atomic E-state index is 0.0692. The SMILES string of the molecule is CCC(C)(C)/C=C1/C=CC([C@H](C)C(C)C)CC/C(=C2/Cc3cc4c(cc3-c3cccc[n+]32)C(C)(C)c2c-4ccc3ccccc23)N1. The number of benzene rings is 3. The van der Waals surface area contributed by atoms with Crippen molar-refractivity contribution in [3.63, 3.8) is 0 Å². The Morgan fingerprint density at radius 3 is 2.52 bits per heavy atom. The first-order valence-electron chi connectivity index (χ1n) is 17.6. The molecule has 2 heteroatoms. The van der Waals surface area contributed by atoms with Gasteiger partial charge in [0.2, 0.25) is 11.4 Å². The van der Waals surface area contributed by atoms with E-state index in [-0.39, 0.29) is 10.8 Å². The molecule has 0 saturated carbocycles. The Hall–Kier alpha value is -3.91. The van der Waals surface area contributed by atoms with E-state index < -0.39 is 0 Å². The molecule has 0 radical (unpaired) electrons. The summed E-state index contributed by atoms with van der Waals surface area (Å²) in [5, 5.41) is 6.71. The summed E-state index contributed by atoms with van der Waals surface area (Å²) in [4.78, 5) is 0. The first kappa shape index (κ1) is 30.7. The molecular weight excluding hydrogens is 556 g/mol. The van der Waals surface area contributed by atoms with Gasteiger partial charge in [0.15, 0.2) is 6.20 Å². The zero-order valence-electron chi connectivity index (χ0n) is 29.2. The van der Waals surface area contributed by atoms with E-state index in [1.54, 1.807) is 0 Å². The number of hydrogen-bond acceptors (Lipinski definition) is 1. The molecule has 7 rings (SSSR count). The minimum Gasteiger partial charge on any atom is -0.354 e. The smallest absolute Gasteiger partial charge is 0.218 e. The maximum absolute atomic E-state index is 4.01. The van der Waals surface area contributed by atoms with Crippen LogP contribution in [-0.4, -0.2) is 0 Å². The lowest BCUT2D eigenvalue weighted by atomic mass is 9.78. The molecule has 2 nitrogen and oxygen atoms in total. The second-order valence-corrected chi connectivity index (χ2v) is 15.7. The van der Waals surface area contributed by atoms with Crippen LogP contribution in [-0.2, 0) is 11.8 Å². The van der Waals surface area contributed by atoms with Crippen LogP contribution in [0.2, 0.25) is 0 Å². The third-order valence-electron chi connectivity index (χ3n) is 11.6. The number of pyridine rings is 1. The summed E-state index contributed by atoms with van der Waals surface area (Å²) in [6, 6.07) is 25.3. The van der Waals surface area contributed by atoms with Crippen molar-refractivity contribution in [3.05, 3.63) is 119 Å². The van der Waals surface area contributed by atoms with Gasteiger partial charge in [-0.1, -0.05) is 104 Å². The van der Waals surface area contributed by atoms with E-state index in [1.807, 2.05) is 0 Å². The Morgan fingerprint density at radius 2 is 1.74 bits per heavy atom. The molecule has 46 heavy (non-hydrogen) atoms. The molecule has 236 valence electrons. The van der Waals surface area contributed by atoms with Gasteiger partial charge < -0.3 is 5.32 Å². The number of aromatic nitrogens is 1. The maximum Gasteiger partial charge on any atom is 0.218 e. The van der Waals surface area contributed by atoms with Gasteiger partial charge >= 0.3 is 0 Å². The van der Waals surface area contributed by atoms with Crippen molar-refractivity contribution in [1.29, 1.82) is 0 Å². The summed E-state index contributed by atoms with van der Waals surface area (Å²) in [6.45, 7) is 19.0. The Balaban J connectivity index is 1.39. The highest BCUT2D eigenvalue weighted by Crippen LogP contribution is 2.53. The van der Waals surface area contributed by atoms with Crippen LogP contribution in [0.4, 0.5) is 0 Å². The van der Waals surface area contributed by atoms with Gasteiger partial charge in [0.25, 0.3) is 0 Å². The quantitative estimate of drug-likeness (QED) is 0.228. The van der Waals surface area contributed by atoms with Crippen LogP contribution < -0.4 is 9.88 Å². The number of fused-ring (bicyclic) bond motifs is 8. The van der Waals surface area contributed by atoms with Crippen LogP contribution in [0.25, 0.3) is 38.9 Å². The second-order valence-electron chi connectivity index (χ2n) is 15.7. The van der Waals surface area contributed by atoms with E-state index in [1.165, 1.54) is 66.9 Å². The van der Waals surface area contributed by atoms with Gasteiger partial charge in [0.05, 0.1) is 17.7 Å². The van der Waals surface area contributed by atoms with Gasteiger partial charge in [-0.25, -0.2) is 0 Å². The average Bonchev–Trinajstić information content (AvgIpc) is 3.26. The number of nitrogens with one attached hydrogen (secondary N) is 1. The average molecular weight is 608 g/mol. The molecule has 1 unspecified atom stereocenters. The first-order valence-corrected chi connectivity index (χ1v) is 17.6. The summed E-state index contributed by atoms with van der Waals surface area (Å²) < 4.78 is 2.48. The van der Waals surface area contributed by atoms with Crippen molar-refractivity contribution in [2.75, 3.05) is 0 Å². The largest absolute Gasteiger partial charge is 0.354 e. The summed E-state index contributed by atoms with van der Waals surface area (Å²) in [5.74, 6) is 1.84. The molecule has 0 bridgehead atoms. The highest BCUT2D eigenvalue weighted by atomic mass is 15.0. The molecule has 0 saturated heterocycles. The highest BCUT2D eigenvalue weighted by Gasteiger charge is 2.40. The van der Waals surface area contributed by atoms with E-state index >= 15 is 0 Å². The lowest BCUT2D eigenvalue weighted by Crippen LogP contribution is -2.41. The predicted octanol–water partition coefficient (Wildman–Crippen LogP) is 11.0. The fourth-order valence-electron chi connectivity index (χ4n) is 8.16. The number of nitrogens with zero attached hydrogens (tertiary/aromatic N) is 1. The van der Waals surface area contributed by atoms with Gasteiger partial charge in [0, 0.05) is 23.2 Å². The molecule has 0 spiro atoms. The standard InChI is InChI=1S/C44H51N2/c1-9-43(5,6)27-33-20-17-30(29(4)28(2)3)19-22-39(45-33)41-25-32-24-37-35-21-18-31-14-10-11-15-34(31)42(35)44(7,8)38(37)26-36(32)40-16-12-13-23-46(40)41/h10-18,20-21,23-24,26-30,45H,9,19,22,25H2,1-8H3/q+1/b20-17?,33-27-,41-39+/t29-,30?/m1/s1. The fourth-order valence-corrected chi connectivity index (χ4v) is 8.16. The third kappa shape index (κ3) is 5.15. The zero-order chi connectivity index (χ0) is 32.4. The Morgan fingerprint density at radius 1 is 0.957 bits per heavy atom. The fraction of sp³-hybridized carbons (Fsp3) is 0.386. The summed E-state index contributed by atoms with van der Waals surface area (Å²) >= 11 is 0. The van der Waals surface area contributed by atoms with Gasteiger partial charge in [-0.15, -0.1) is 0 Å².